The minimum absolute atomic E-state index is 0.184. The molecule has 2 atom stereocenters. The normalized spacial score (nSPS) is 37.8. The maximum Gasteiger partial charge on any atom is 0.147 e. The fourth-order valence-corrected chi connectivity index (χ4v) is 1.50. The Morgan fingerprint density at radius 1 is 1.88 bits per heavy atom. The van der Waals surface area contributed by atoms with Gasteiger partial charge >= 0.3 is 0 Å². The van der Waals surface area contributed by atoms with Crippen molar-refractivity contribution in [3.63, 3.8) is 0 Å². The van der Waals surface area contributed by atoms with E-state index in [1.807, 2.05) is 6.92 Å². The minimum atomic E-state index is -0.634. The van der Waals surface area contributed by atoms with Crippen molar-refractivity contribution in [2.45, 2.75) is 12.2 Å². The number of nitrogens with zero attached hydrogens (tertiary/aromatic N) is 1. The Hall–Kier alpha value is -0.0200. The predicted molar refractivity (Wildman–Crippen MR) is 35.8 cm³/mol. The lowest BCUT2D eigenvalue weighted by Crippen LogP contribution is -2.27. The highest BCUT2D eigenvalue weighted by atomic mass is 32.2. The Bertz CT molecular complexity index is 105. The molecule has 3 heteroatoms. The van der Waals surface area contributed by atoms with Crippen molar-refractivity contribution in [2.24, 2.45) is 4.99 Å². The van der Waals surface area contributed by atoms with E-state index < -0.39 is 11.2 Å². The Kier molecular flexibility index (Phi) is 1.91. The molecule has 0 aromatic heterocycles. The molecule has 0 amide bonds. The fourth-order valence-electron chi connectivity index (χ4n) is 0.619. The van der Waals surface area contributed by atoms with Gasteiger partial charge in [-0.15, -0.1) is 0 Å². The summed E-state index contributed by atoms with van der Waals surface area (Å²) in [5.41, 5.74) is 0. The van der Waals surface area contributed by atoms with Gasteiger partial charge in [0.1, 0.15) is 11.0 Å². The van der Waals surface area contributed by atoms with Crippen LogP contribution < -0.4 is 0 Å². The van der Waals surface area contributed by atoms with Gasteiger partial charge in [0, 0.05) is 0 Å². The minimum Gasteiger partial charge on any atom is -0.616 e. The molecule has 0 aromatic rings. The van der Waals surface area contributed by atoms with E-state index in [2.05, 4.69) is 4.99 Å². The van der Waals surface area contributed by atoms with Gasteiger partial charge < -0.3 is 4.55 Å². The average Bonchev–Trinajstić information content (AvgIpc) is 1.77. The zero-order chi connectivity index (χ0) is 5.98. The highest BCUT2D eigenvalue weighted by molar-refractivity contribution is 7.92. The number of hydrogen-bond acceptors (Lipinski definition) is 2. The van der Waals surface area contributed by atoms with Gasteiger partial charge in [0.15, 0.2) is 0 Å². The second kappa shape index (κ2) is 2.51. The molecule has 1 aliphatic heterocycles. The van der Waals surface area contributed by atoms with Crippen molar-refractivity contribution in [1.29, 1.82) is 0 Å². The molecular formula is C5H9NOS. The highest BCUT2D eigenvalue weighted by Gasteiger charge is 2.16. The van der Waals surface area contributed by atoms with Crippen LogP contribution in [-0.4, -0.2) is 28.3 Å². The Morgan fingerprint density at radius 3 is 3.00 bits per heavy atom. The van der Waals surface area contributed by atoms with E-state index in [4.69, 9.17) is 0 Å². The quantitative estimate of drug-likeness (QED) is 0.433. The molecule has 1 aliphatic rings. The summed E-state index contributed by atoms with van der Waals surface area (Å²) in [6, 6.07) is 0. The molecule has 0 saturated carbocycles. The Balaban J connectivity index is 2.47. The Morgan fingerprint density at radius 2 is 2.62 bits per heavy atom. The van der Waals surface area contributed by atoms with Crippen molar-refractivity contribution in [1.82, 2.24) is 0 Å². The second-order valence-electron chi connectivity index (χ2n) is 1.85. The molecule has 0 spiro atoms. The number of rotatable bonds is 0. The van der Waals surface area contributed by atoms with E-state index in [0.717, 1.165) is 12.3 Å². The first-order chi connectivity index (χ1) is 3.80. The van der Waals surface area contributed by atoms with E-state index >= 15 is 0 Å². The van der Waals surface area contributed by atoms with Gasteiger partial charge in [-0.2, -0.15) is 0 Å². The predicted octanol–water partition coefficient (Wildman–Crippen LogP) is 0.208. The summed E-state index contributed by atoms with van der Waals surface area (Å²) < 4.78 is 10.8. The molecule has 0 bridgehead atoms. The largest absolute Gasteiger partial charge is 0.616 e. The van der Waals surface area contributed by atoms with Gasteiger partial charge in [0.25, 0.3) is 0 Å². The van der Waals surface area contributed by atoms with E-state index in [0.29, 0.717) is 0 Å². The smallest absolute Gasteiger partial charge is 0.147 e. The summed E-state index contributed by atoms with van der Waals surface area (Å²) in [5.74, 6) is 0.748. The van der Waals surface area contributed by atoms with Crippen molar-refractivity contribution in [3.8, 4) is 0 Å². The molecule has 2 unspecified atom stereocenters. The molecule has 0 N–H and O–H groups in total. The molecule has 0 fully saturated rings. The topological polar surface area (TPSA) is 35.4 Å². The van der Waals surface area contributed by atoms with Crippen LogP contribution in [0.25, 0.3) is 0 Å². The zero-order valence-corrected chi connectivity index (χ0v) is 5.65. The van der Waals surface area contributed by atoms with Crippen LogP contribution in [0.5, 0.6) is 0 Å². The van der Waals surface area contributed by atoms with Crippen molar-refractivity contribution in [3.05, 3.63) is 0 Å². The van der Waals surface area contributed by atoms with Crippen LogP contribution in [-0.2, 0) is 11.2 Å². The third-order valence-electron chi connectivity index (χ3n) is 1.15. The third-order valence-corrected chi connectivity index (χ3v) is 2.69. The van der Waals surface area contributed by atoms with Crippen LogP contribution in [0.4, 0.5) is 0 Å². The van der Waals surface area contributed by atoms with Crippen LogP contribution in [0.3, 0.4) is 0 Å². The summed E-state index contributed by atoms with van der Waals surface area (Å²) in [5, 5.41) is 0.184. The summed E-state index contributed by atoms with van der Waals surface area (Å²) in [6.45, 7) is 2.68. The summed E-state index contributed by atoms with van der Waals surface area (Å²) in [4.78, 5) is 3.99. The molecule has 0 aromatic carbocycles. The maximum absolute atomic E-state index is 10.8. The molecule has 8 heavy (non-hydrogen) atoms. The second-order valence-corrected chi connectivity index (χ2v) is 3.76. The van der Waals surface area contributed by atoms with E-state index in [-0.39, 0.29) is 5.25 Å². The monoisotopic (exact) mass is 131 g/mol. The van der Waals surface area contributed by atoms with Gasteiger partial charge in [-0.05, 0) is 18.1 Å². The first-order valence-electron chi connectivity index (χ1n) is 2.68. The van der Waals surface area contributed by atoms with Crippen molar-refractivity contribution in [2.75, 3.05) is 12.3 Å². The molecule has 1 heterocycles. The molecule has 0 saturated heterocycles. The lowest BCUT2D eigenvalue weighted by molar-refractivity contribution is 0.590. The van der Waals surface area contributed by atoms with Crippen LogP contribution in [0, 0.1) is 0 Å². The van der Waals surface area contributed by atoms with Gasteiger partial charge in [-0.25, -0.2) is 0 Å². The van der Waals surface area contributed by atoms with Gasteiger partial charge in [0.05, 0.1) is 12.8 Å². The van der Waals surface area contributed by atoms with E-state index in [1.54, 1.807) is 6.21 Å². The van der Waals surface area contributed by atoms with Crippen LogP contribution in [0.1, 0.15) is 6.92 Å². The molecular weight excluding hydrogens is 122 g/mol. The van der Waals surface area contributed by atoms with Gasteiger partial charge in [-0.1, -0.05) is 0 Å². The lowest BCUT2D eigenvalue weighted by atomic mass is 10.5. The summed E-state index contributed by atoms with van der Waals surface area (Å²) in [7, 11) is 0. The first kappa shape index (κ1) is 6.11. The first-order valence-corrected chi connectivity index (χ1v) is 4.06. The molecule has 46 valence electrons. The third kappa shape index (κ3) is 1.23. The number of aliphatic imine (C=N–C) groups is 1. The summed E-state index contributed by atoms with van der Waals surface area (Å²) in [6.07, 6.45) is 1.78. The molecule has 0 radical (unpaired) electrons. The maximum atomic E-state index is 10.8. The SMILES string of the molecule is CC1C=NCC[S+]1[O-]. The zero-order valence-electron chi connectivity index (χ0n) is 4.83. The van der Waals surface area contributed by atoms with Crippen LogP contribution in [0.15, 0.2) is 4.99 Å². The van der Waals surface area contributed by atoms with Gasteiger partial charge in [0.2, 0.25) is 0 Å². The summed E-state index contributed by atoms with van der Waals surface area (Å²) >= 11 is -0.634. The van der Waals surface area contributed by atoms with Gasteiger partial charge in [-0.3, -0.25) is 4.99 Å². The van der Waals surface area contributed by atoms with Crippen LogP contribution in [0.2, 0.25) is 0 Å². The van der Waals surface area contributed by atoms with E-state index in [9.17, 15) is 4.55 Å². The highest BCUT2D eigenvalue weighted by Crippen LogP contribution is 2.03. The van der Waals surface area contributed by atoms with Crippen molar-refractivity contribution >= 4 is 17.4 Å². The lowest BCUT2D eigenvalue weighted by Gasteiger charge is -2.16. The average molecular weight is 131 g/mol. The fraction of sp³-hybridized carbons (Fsp3) is 0.800. The standard InChI is InChI=1S/C5H9NOS/c1-5-4-6-2-3-8(5)7/h4-5H,2-3H2,1H3. The van der Waals surface area contributed by atoms with Crippen molar-refractivity contribution < 1.29 is 4.55 Å². The Labute approximate surface area is 52.2 Å². The molecule has 1 rings (SSSR count). The van der Waals surface area contributed by atoms with Crippen LogP contribution >= 0.6 is 0 Å². The molecule has 0 aliphatic carbocycles. The van der Waals surface area contributed by atoms with E-state index in [1.165, 1.54) is 0 Å². The molecule has 2 nitrogen and oxygen atoms in total. The number of hydrogen-bond donors (Lipinski definition) is 0.